The molecule has 20 heavy (non-hydrogen) atoms. The second-order valence-corrected chi connectivity index (χ2v) is 6.95. The molecule has 0 aliphatic rings. The third-order valence-electron chi connectivity index (χ3n) is 2.86. The molecular weight excluding hydrogens is 296 g/mol. The molecule has 1 aromatic heterocycles. The highest BCUT2D eigenvalue weighted by atomic mass is 32.2. The van der Waals surface area contributed by atoms with Gasteiger partial charge in [0.25, 0.3) is 0 Å². The summed E-state index contributed by atoms with van der Waals surface area (Å²) in [5, 5.41) is 9.48. The number of aryl methyl sites for hydroxylation is 2. The van der Waals surface area contributed by atoms with Gasteiger partial charge in [-0.15, -0.1) is 0 Å². The summed E-state index contributed by atoms with van der Waals surface area (Å²) in [6.07, 6.45) is 1.66. The molecule has 0 bridgehead atoms. The lowest BCUT2D eigenvalue weighted by Crippen LogP contribution is -2.09. The van der Waals surface area contributed by atoms with Crippen molar-refractivity contribution in [3.05, 3.63) is 23.8 Å². The van der Waals surface area contributed by atoms with Crippen molar-refractivity contribution in [2.45, 2.75) is 18.6 Å². The van der Waals surface area contributed by atoms with Crippen molar-refractivity contribution in [1.29, 1.82) is 0 Å². The van der Waals surface area contributed by atoms with E-state index in [0.29, 0.717) is 17.5 Å². The predicted molar refractivity (Wildman–Crippen MR) is 81.8 cm³/mol. The van der Waals surface area contributed by atoms with Gasteiger partial charge in [-0.25, -0.2) is 4.98 Å². The van der Waals surface area contributed by atoms with E-state index >= 15 is 0 Å². The fourth-order valence-corrected chi connectivity index (χ4v) is 3.20. The van der Waals surface area contributed by atoms with Crippen LogP contribution in [-0.4, -0.2) is 42.6 Å². The van der Waals surface area contributed by atoms with E-state index in [1.54, 1.807) is 6.26 Å². The van der Waals surface area contributed by atoms with Crippen molar-refractivity contribution < 1.29 is 14.1 Å². The summed E-state index contributed by atoms with van der Waals surface area (Å²) >= 11 is 1.19. The van der Waals surface area contributed by atoms with Crippen LogP contribution in [0.2, 0.25) is 0 Å². The average Bonchev–Trinajstić information content (AvgIpc) is 2.73. The van der Waals surface area contributed by atoms with Crippen LogP contribution in [0.3, 0.4) is 0 Å². The normalized spacial score (nSPS) is 12.7. The Bertz CT molecular complexity index is 667. The molecule has 2 aromatic rings. The fraction of sp³-hybridized carbons (Fsp3) is 0.385. The lowest BCUT2D eigenvalue weighted by Gasteiger charge is -2.08. The molecule has 1 aromatic carbocycles. The van der Waals surface area contributed by atoms with Crippen LogP contribution < -0.4 is 0 Å². The Hall–Kier alpha value is -1.34. The quantitative estimate of drug-likeness (QED) is 0.825. The molecule has 0 saturated carbocycles. The summed E-state index contributed by atoms with van der Waals surface area (Å²) in [7, 11) is -0.895. The Morgan fingerprint density at radius 1 is 1.50 bits per heavy atom. The summed E-state index contributed by atoms with van der Waals surface area (Å²) < 4.78 is 13.3. The van der Waals surface area contributed by atoms with Gasteiger partial charge in [0.05, 0.1) is 16.8 Å². The van der Waals surface area contributed by atoms with E-state index in [2.05, 4.69) is 4.98 Å². The minimum Gasteiger partial charge on any atom is -0.481 e. The van der Waals surface area contributed by atoms with E-state index in [4.69, 9.17) is 5.11 Å². The van der Waals surface area contributed by atoms with E-state index in [1.165, 1.54) is 11.8 Å². The van der Waals surface area contributed by atoms with E-state index in [0.717, 1.165) is 16.6 Å². The van der Waals surface area contributed by atoms with Crippen LogP contribution in [0.4, 0.5) is 0 Å². The van der Waals surface area contributed by atoms with Gasteiger partial charge in [0.15, 0.2) is 5.16 Å². The second kappa shape index (κ2) is 6.41. The molecule has 0 fully saturated rings. The number of carboxylic acid groups (broad SMARTS) is 1. The standard InChI is InChI=1S/C13H16N2O3S2/c1-9-4-3-5-10-12(9)15(6-7-20(2)18)13(14-10)19-8-11(16)17/h3-5H,6-8H2,1-2H3,(H,16,17). The smallest absolute Gasteiger partial charge is 0.313 e. The van der Waals surface area contributed by atoms with Crippen LogP contribution >= 0.6 is 11.8 Å². The van der Waals surface area contributed by atoms with Crippen LogP contribution in [0.25, 0.3) is 11.0 Å². The molecule has 1 heterocycles. The summed E-state index contributed by atoms with van der Waals surface area (Å²) in [6, 6.07) is 5.83. The van der Waals surface area contributed by atoms with Gasteiger partial charge in [0.1, 0.15) is 0 Å². The molecule has 0 radical (unpaired) electrons. The molecule has 0 amide bonds. The third kappa shape index (κ3) is 3.40. The second-order valence-electron chi connectivity index (χ2n) is 4.45. The first kappa shape index (κ1) is 15.1. The van der Waals surface area contributed by atoms with Gasteiger partial charge in [-0.3, -0.25) is 9.00 Å². The van der Waals surface area contributed by atoms with Crippen LogP contribution in [0.1, 0.15) is 5.56 Å². The van der Waals surface area contributed by atoms with E-state index in [9.17, 15) is 9.00 Å². The first-order valence-electron chi connectivity index (χ1n) is 6.09. The number of thioether (sulfide) groups is 1. The zero-order valence-electron chi connectivity index (χ0n) is 11.3. The van der Waals surface area contributed by atoms with Crippen molar-refractivity contribution in [2.75, 3.05) is 17.8 Å². The molecule has 0 aliphatic heterocycles. The van der Waals surface area contributed by atoms with Gasteiger partial charge in [-0.05, 0) is 18.6 Å². The number of carboxylic acids is 1. The van der Waals surface area contributed by atoms with Crippen molar-refractivity contribution in [2.24, 2.45) is 0 Å². The number of imidazole rings is 1. The summed E-state index contributed by atoms with van der Waals surface area (Å²) in [6.45, 7) is 2.57. The number of aliphatic carboxylic acids is 1. The van der Waals surface area contributed by atoms with E-state index in [-0.39, 0.29) is 5.75 Å². The van der Waals surface area contributed by atoms with Crippen LogP contribution in [-0.2, 0) is 22.1 Å². The van der Waals surface area contributed by atoms with Crippen LogP contribution in [0, 0.1) is 6.92 Å². The Labute approximate surface area is 123 Å². The Morgan fingerprint density at radius 2 is 2.25 bits per heavy atom. The van der Waals surface area contributed by atoms with Crippen molar-refractivity contribution >= 4 is 39.6 Å². The van der Waals surface area contributed by atoms with E-state index in [1.807, 2.05) is 29.7 Å². The van der Waals surface area contributed by atoms with Crippen LogP contribution in [0.15, 0.2) is 23.4 Å². The number of rotatable bonds is 6. The molecular formula is C13H16N2O3S2. The maximum atomic E-state index is 11.3. The number of para-hydroxylation sites is 1. The largest absolute Gasteiger partial charge is 0.481 e. The number of hydrogen-bond acceptors (Lipinski definition) is 4. The minimum absolute atomic E-state index is 0.0302. The zero-order valence-corrected chi connectivity index (χ0v) is 13.0. The average molecular weight is 312 g/mol. The molecule has 108 valence electrons. The molecule has 1 N–H and O–H groups in total. The monoisotopic (exact) mass is 312 g/mol. The predicted octanol–water partition coefficient (Wildman–Crippen LogP) is 1.90. The third-order valence-corrected chi connectivity index (χ3v) is 4.58. The molecule has 5 nitrogen and oxygen atoms in total. The first-order chi connectivity index (χ1) is 9.49. The summed E-state index contributed by atoms with van der Waals surface area (Å²) in [4.78, 5) is 15.2. The van der Waals surface area contributed by atoms with Gasteiger partial charge in [-0.1, -0.05) is 23.9 Å². The van der Waals surface area contributed by atoms with Gasteiger partial charge in [0, 0.05) is 29.4 Å². The lowest BCUT2D eigenvalue weighted by molar-refractivity contribution is -0.133. The molecule has 0 saturated heterocycles. The number of hydrogen-bond donors (Lipinski definition) is 1. The maximum absolute atomic E-state index is 11.3. The highest BCUT2D eigenvalue weighted by molar-refractivity contribution is 7.99. The van der Waals surface area contributed by atoms with Gasteiger partial charge >= 0.3 is 5.97 Å². The van der Waals surface area contributed by atoms with Crippen molar-refractivity contribution in [1.82, 2.24) is 9.55 Å². The fourth-order valence-electron chi connectivity index (χ4n) is 2.01. The SMILES string of the molecule is Cc1cccc2nc(SCC(=O)O)n(CCS(C)=O)c12. The molecule has 1 atom stereocenters. The molecule has 2 rings (SSSR count). The molecule has 0 spiro atoms. The number of nitrogens with zero attached hydrogens (tertiary/aromatic N) is 2. The Balaban J connectivity index is 2.43. The topological polar surface area (TPSA) is 72.2 Å². The number of fused-ring (bicyclic) bond motifs is 1. The lowest BCUT2D eigenvalue weighted by atomic mass is 10.2. The molecule has 1 unspecified atom stereocenters. The maximum Gasteiger partial charge on any atom is 0.313 e. The summed E-state index contributed by atoms with van der Waals surface area (Å²) in [5.74, 6) is -0.373. The number of benzene rings is 1. The highest BCUT2D eigenvalue weighted by Gasteiger charge is 2.14. The molecule has 7 heteroatoms. The van der Waals surface area contributed by atoms with Gasteiger partial charge in [0.2, 0.25) is 0 Å². The zero-order chi connectivity index (χ0) is 14.7. The summed E-state index contributed by atoms with van der Waals surface area (Å²) in [5.41, 5.74) is 2.92. The minimum atomic E-state index is -0.895. The van der Waals surface area contributed by atoms with Crippen LogP contribution in [0.5, 0.6) is 0 Å². The van der Waals surface area contributed by atoms with Crippen molar-refractivity contribution in [3.8, 4) is 0 Å². The van der Waals surface area contributed by atoms with E-state index < -0.39 is 16.8 Å². The number of carbonyl (C=O) groups is 1. The molecule has 0 aliphatic carbocycles. The Morgan fingerprint density at radius 3 is 2.90 bits per heavy atom. The first-order valence-corrected chi connectivity index (χ1v) is 8.81. The Kier molecular flexibility index (Phi) is 4.82. The van der Waals surface area contributed by atoms with Crippen molar-refractivity contribution in [3.63, 3.8) is 0 Å². The number of aromatic nitrogens is 2. The van der Waals surface area contributed by atoms with Gasteiger partial charge < -0.3 is 9.67 Å². The highest BCUT2D eigenvalue weighted by Crippen LogP contribution is 2.26. The van der Waals surface area contributed by atoms with Gasteiger partial charge in [-0.2, -0.15) is 0 Å².